The van der Waals surface area contributed by atoms with Gasteiger partial charge in [0.2, 0.25) is 21.8 Å². The highest BCUT2D eigenvalue weighted by Crippen LogP contribution is 2.08. The first-order chi connectivity index (χ1) is 11.2. The summed E-state index contributed by atoms with van der Waals surface area (Å²) in [4.78, 5) is 25.2. The fourth-order valence-corrected chi connectivity index (χ4v) is 2.40. The van der Waals surface area contributed by atoms with Gasteiger partial charge in [-0.05, 0) is 38.2 Å². The molecule has 134 valence electrons. The summed E-state index contributed by atoms with van der Waals surface area (Å²) < 4.78 is 22.3. The van der Waals surface area contributed by atoms with Gasteiger partial charge in [0, 0.05) is 19.6 Å². The monoisotopic (exact) mass is 356 g/mol. The van der Waals surface area contributed by atoms with E-state index in [1.807, 2.05) is 19.0 Å². The molecule has 0 aliphatic heterocycles. The van der Waals surface area contributed by atoms with E-state index in [4.69, 9.17) is 5.14 Å². The van der Waals surface area contributed by atoms with Gasteiger partial charge in [-0.2, -0.15) is 0 Å². The van der Waals surface area contributed by atoms with Crippen LogP contribution in [0, 0.1) is 0 Å². The molecule has 1 aromatic rings. The molecule has 0 aliphatic rings. The van der Waals surface area contributed by atoms with E-state index in [0.29, 0.717) is 26.1 Å². The summed E-state index contributed by atoms with van der Waals surface area (Å²) >= 11 is 0. The molecule has 0 saturated heterocycles. The Morgan fingerprint density at radius 2 is 1.58 bits per heavy atom. The zero-order valence-corrected chi connectivity index (χ0v) is 14.7. The van der Waals surface area contributed by atoms with Gasteiger partial charge in [-0.15, -0.1) is 0 Å². The van der Waals surface area contributed by atoms with E-state index in [0.717, 1.165) is 5.56 Å². The third-order valence-corrected chi connectivity index (χ3v) is 4.12. The molecule has 0 heterocycles. The van der Waals surface area contributed by atoms with Gasteiger partial charge >= 0.3 is 0 Å². The predicted octanol–water partition coefficient (Wildman–Crippen LogP) is -0.939. The summed E-state index contributed by atoms with van der Waals surface area (Å²) in [6.45, 7) is 1.57. The standard InChI is InChI=1S/C15H24N4O4S/c1-19(2)10-9-18-15(21)11-14(20)17-8-7-12-3-5-13(6-4-12)24(16,22)23/h3-6H,7-11H2,1-2H3,(H,17,20)(H,18,21)(H2,16,22,23). The van der Waals surface area contributed by atoms with Crippen molar-refractivity contribution >= 4 is 21.8 Å². The van der Waals surface area contributed by atoms with Crippen molar-refractivity contribution in [1.82, 2.24) is 15.5 Å². The number of nitrogens with two attached hydrogens (primary N) is 1. The van der Waals surface area contributed by atoms with Gasteiger partial charge in [0.05, 0.1) is 4.90 Å². The molecular weight excluding hydrogens is 332 g/mol. The number of nitrogens with zero attached hydrogens (tertiary/aromatic N) is 1. The van der Waals surface area contributed by atoms with Crippen LogP contribution in [0.1, 0.15) is 12.0 Å². The van der Waals surface area contributed by atoms with Crippen molar-refractivity contribution < 1.29 is 18.0 Å². The highest BCUT2D eigenvalue weighted by molar-refractivity contribution is 7.89. The van der Waals surface area contributed by atoms with E-state index < -0.39 is 10.0 Å². The molecule has 0 aliphatic carbocycles. The van der Waals surface area contributed by atoms with E-state index >= 15 is 0 Å². The summed E-state index contributed by atoms with van der Waals surface area (Å²) in [5.74, 6) is -0.662. The zero-order chi connectivity index (χ0) is 18.2. The molecule has 0 radical (unpaired) electrons. The minimum absolute atomic E-state index is 0.0460. The van der Waals surface area contributed by atoms with Crippen molar-refractivity contribution in [1.29, 1.82) is 0 Å². The van der Waals surface area contributed by atoms with Gasteiger partial charge in [-0.3, -0.25) is 9.59 Å². The summed E-state index contributed by atoms with van der Waals surface area (Å²) in [5.41, 5.74) is 0.859. The number of nitrogens with one attached hydrogen (secondary N) is 2. The molecule has 1 aromatic carbocycles. The Bertz CT molecular complexity index is 657. The van der Waals surface area contributed by atoms with Crippen LogP contribution in [0.15, 0.2) is 29.2 Å². The smallest absolute Gasteiger partial charge is 0.238 e. The van der Waals surface area contributed by atoms with Crippen molar-refractivity contribution in [3.8, 4) is 0 Å². The third-order valence-electron chi connectivity index (χ3n) is 3.19. The van der Waals surface area contributed by atoms with Gasteiger partial charge in [0.1, 0.15) is 6.42 Å². The second-order valence-corrected chi connectivity index (χ2v) is 7.18. The lowest BCUT2D eigenvalue weighted by Crippen LogP contribution is -2.35. The number of likely N-dealkylation sites (N-methyl/N-ethyl adjacent to an activating group) is 1. The van der Waals surface area contributed by atoms with E-state index in [1.165, 1.54) is 12.1 Å². The van der Waals surface area contributed by atoms with Crippen LogP contribution in [0.2, 0.25) is 0 Å². The van der Waals surface area contributed by atoms with Gasteiger partial charge in [0.25, 0.3) is 0 Å². The molecule has 0 bridgehead atoms. The van der Waals surface area contributed by atoms with Crippen molar-refractivity contribution in [3.05, 3.63) is 29.8 Å². The van der Waals surface area contributed by atoms with Crippen LogP contribution in [-0.2, 0) is 26.0 Å². The number of benzene rings is 1. The van der Waals surface area contributed by atoms with Crippen LogP contribution in [-0.4, -0.2) is 58.9 Å². The normalized spacial score (nSPS) is 11.3. The first kappa shape index (κ1) is 20.1. The minimum atomic E-state index is -3.70. The number of carbonyl (C=O) groups excluding carboxylic acids is 2. The maximum atomic E-state index is 11.6. The minimum Gasteiger partial charge on any atom is -0.355 e. The van der Waals surface area contributed by atoms with Gasteiger partial charge in [-0.1, -0.05) is 12.1 Å². The SMILES string of the molecule is CN(C)CCNC(=O)CC(=O)NCCc1ccc(S(N)(=O)=O)cc1. The average molecular weight is 356 g/mol. The molecule has 0 fully saturated rings. The van der Waals surface area contributed by atoms with Crippen molar-refractivity contribution in [2.24, 2.45) is 5.14 Å². The Morgan fingerprint density at radius 3 is 2.08 bits per heavy atom. The lowest BCUT2D eigenvalue weighted by atomic mass is 10.1. The largest absolute Gasteiger partial charge is 0.355 e. The fourth-order valence-electron chi connectivity index (χ4n) is 1.88. The van der Waals surface area contributed by atoms with Crippen molar-refractivity contribution in [3.63, 3.8) is 0 Å². The fraction of sp³-hybridized carbons (Fsp3) is 0.467. The molecule has 0 spiro atoms. The molecule has 0 aromatic heterocycles. The Labute approximate surface area is 142 Å². The Hall–Kier alpha value is -1.97. The maximum Gasteiger partial charge on any atom is 0.238 e. The van der Waals surface area contributed by atoms with Crippen molar-refractivity contribution in [2.75, 3.05) is 33.7 Å². The van der Waals surface area contributed by atoms with Crippen LogP contribution >= 0.6 is 0 Å². The molecule has 0 atom stereocenters. The molecule has 9 heteroatoms. The van der Waals surface area contributed by atoms with Gasteiger partial charge < -0.3 is 15.5 Å². The number of rotatable bonds is 9. The second-order valence-electron chi connectivity index (χ2n) is 5.62. The van der Waals surface area contributed by atoms with Crippen LogP contribution in [0.5, 0.6) is 0 Å². The van der Waals surface area contributed by atoms with Crippen LogP contribution in [0.25, 0.3) is 0 Å². The summed E-state index contributed by atoms with van der Waals surface area (Å²) in [5, 5.41) is 10.3. The van der Waals surface area contributed by atoms with E-state index in [1.54, 1.807) is 12.1 Å². The third kappa shape index (κ3) is 8.04. The quantitative estimate of drug-likeness (QED) is 0.493. The summed E-state index contributed by atoms with van der Waals surface area (Å²) in [7, 11) is 0.0969. The summed E-state index contributed by atoms with van der Waals surface area (Å²) in [6.07, 6.45) is 0.316. The first-order valence-corrected chi connectivity index (χ1v) is 9.03. The Morgan fingerprint density at radius 1 is 1.04 bits per heavy atom. The Balaban J connectivity index is 2.29. The first-order valence-electron chi connectivity index (χ1n) is 7.48. The summed E-state index contributed by atoms with van der Waals surface area (Å²) in [6, 6.07) is 6.12. The van der Waals surface area contributed by atoms with E-state index in [2.05, 4.69) is 10.6 Å². The predicted molar refractivity (Wildman–Crippen MR) is 90.7 cm³/mol. The van der Waals surface area contributed by atoms with Crippen LogP contribution in [0.4, 0.5) is 0 Å². The molecule has 2 amide bonds. The number of hydrogen-bond donors (Lipinski definition) is 3. The molecule has 1 rings (SSSR count). The number of sulfonamides is 1. The number of carbonyl (C=O) groups is 2. The maximum absolute atomic E-state index is 11.6. The topological polar surface area (TPSA) is 122 Å². The zero-order valence-electron chi connectivity index (χ0n) is 13.9. The molecule has 0 saturated carbocycles. The lowest BCUT2D eigenvalue weighted by Gasteiger charge is -2.10. The van der Waals surface area contributed by atoms with E-state index in [9.17, 15) is 18.0 Å². The number of primary sulfonamides is 1. The number of amides is 2. The second kappa shape index (κ2) is 9.36. The van der Waals surface area contributed by atoms with Crippen LogP contribution < -0.4 is 15.8 Å². The highest BCUT2D eigenvalue weighted by Gasteiger charge is 2.09. The molecule has 24 heavy (non-hydrogen) atoms. The van der Waals surface area contributed by atoms with Crippen molar-refractivity contribution in [2.45, 2.75) is 17.7 Å². The van der Waals surface area contributed by atoms with Gasteiger partial charge in [0.15, 0.2) is 0 Å². The lowest BCUT2D eigenvalue weighted by molar-refractivity contribution is -0.129. The van der Waals surface area contributed by atoms with Crippen LogP contribution in [0.3, 0.4) is 0 Å². The molecule has 8 nitrogen and oxygen atoms in total. The molecule has 0 unspecified atom stereocenters. The molecular formula is C15H24N4O4S. The average Bonchev–Trinajstić information content (AvgIpc) is 2.46. The molecule has 4 N–H and O–H groups in total. The van der Waals surface area contributed by atoms with E-state index in [-0.39, 0.29) is 23.1 Å². The Kier molecular flexibility index (Phi) is 7.83. The van der Waals surface area contributed by atoms with Gasteiger partial charge in [-0.25, -0.2) is 13.6 Å². The highest BCUT2D eigenvalue weighted by atomic mass is 32.2. The number of hydrogen-bond acceptors (Lipinski definition) is 5.